The van der Waals surface area contributed by atoms with E-state index in [0.717, 1.165) is 5.56 Å². The summed E-state index contributed by atoms with van der Waals surface area (Å²) in [6.45, 7) is 0.973. The lowest BCUT2D eigenvalue weighted by atomic mass is 10.1. The van der Waals surface area contributed by atoms with E-state index in [-0.39, 0.29) is 31.4 Å². The smallest absolute Gasteiger partial charge is 0.410 e. The maximum atomic E-state index is 12.3. The van der Waals surface area contributed by atoms with Gasteiger partial charge in [0.05, 0.1) is 24.8 Å². The number of carbonyl (C=O) groups excluding carboxylic acids is 1. The minimum absolute atomic E-state index is 0.0245. The molecule has 0 bridgehead atoms. The number of nitrogens with one attached hydrogen (secondary N) is 1. The molecule has 2 aliphatic heterocycles. The molecule has 3 rings (SSSR count). The minimum Gasteiger partial charge on any atom is -0.445 e. The van der Waals surface area contributed by atoms with Crippen molar-refractivity contribution in [1.82, 2.24) is 10.2 Å². The Bertz CT molecular complexity index is 496. The molecule has 0 radical (unpaired) electrons. The van der Waals surface area contributed by atoms with Gasteiger partial charge in [0.15, 0.2) is 0 Å². The van der Waals surface area contributed by atoms with Gasteiger partial charge in [-0.3, -0.25) is 4.90 Å². The average molecular weight is 292 g/mol. The summed E-state index contributed by atoms with van der Waals surface area (Å²) < 4.78 is 10.9. The Balaban J connectivity index is 1.64. The number of benzene rings is 1. The van der Waals surface area contributed by atoms with Crippen molar-refractivity contribution in [2.24, 2.45) is 0 Å². The maximum Gasteiger partial charge on any atom is 0.410 e. The van der Waals surface area contributed by atoms with Crippen molar-refractivity contribution >= 4 is 6.09 Å². The van der Waals surface area contributed by atoms with Crippen LogP contribution in [0.25, 0.3) is 0 Å². The van der Waals surface area contributed by atoms with E-state index in [4.69, 9.17) is 9.47 Å². The fourth-order valence-electron chi connectivity index (χ4n) is 3.06. The molecular formula is C15H20N2O4. The van der Waals surface area contributed by atoms with Gasteiger partial charge in [0.2, 0.25) is 0 Å². The predicted octanol–water partition coefficient (Wildman–Crippen LogP) is 0.355. The second-order valence-electron chi connectivity index (χ2n) is 5.44. The highest BCUT2D eigenvalue weighted by Crippen LogP contribution is 2.30. The van der Waals surface area contributed by atoms with Gasteiger partial charge < -0.3 is 19.9 Å². The first kappa shape index (κ1) is 14.3. The number of nitrogens with zero attached hydrogens (tertiary/aromatic N) is 1. The van der Waals surface area contributed by atoms with Crippen LogP contribution in [0, 0.1) is 0 Å². The molecule has 0 unspecified atom stereocenters. The summed E-state index contributed by atoms with van der Waals surface area (Å²) in [5, 5.41) is 13.1. The number of likely N-dealkylation sites (N-methyl/N-ethyl adjacent to an activating group) is 1. The molecular weight excluding hydrogens is 272 g/mol. The molecule has 0 spiro atoms. The molecule has 0 saturated carbocycles. The summed E-state index contributed by atoms with van der Waals surface area (Å²) >= 11 is 0. The third kappa shape index (κ3) is 2.74. The second kappa shape index (κ2) is 6.01. The lowest BCUT2D eigenvalue weighted by Crippen LogP contribution is -2.44. The number of ether oxygens (including phenoxy) is 2. The quantitative estimate of drug-likeness (QED) is 0.841. The van der Waals surface area contributed by atoms with E-state index in [2.05, 4.69) is 5.32 Å². The Morgan fingerprint density at radius 2 is 2.24 bits per heavy atom. The molecule has 1 aromatic rings. The van der Waals surface area contributed by atoms with Crippen LogP contribution in [0.4, 0.5) is 4.79 Å². The molecule has 114 valence electrons. The standard InChI is InChI=1S/C15H20N2O4/c1-16-11-7-17(13-12(18)9-20-14(11)13)15(19)21-8-10-5-3-2-4-6-10/h2-6,11-14,16,18H,7-9H2,1H3/t11-,12-,13-,14+/m0/s1. The third-order valence-corrected chi connectivity index (χ3v) is 4.15. The molecule has 21 heavy (non-hydrogen) atoms. The zero-order valence-corrected chi connectivity index (χ0v) is 11.9. The van der Waals surface area contributed by atoms with Gasteiger partial charge >= 0.3 is 6.09 Å². The minimum atomic E-state index is -0.655. The molecule has 4 atom stereocenters. The number of likely N-dealkylation sites (tertiary alicyclic amines) is 1. The van der Waals surface area contributed by atoms with Crippen LogP contribution in [-0.4, -0.2) is 60.6 Å². The van der Waals surface area contributed by atoms with Crippen molar-refractivity contribution in [3.8, 4) is 0 Å². The molecule has 6 nitrogen and oxygen atoms in total. The van der Waals surface area contributed by atoms with Crippen molar-refractivity contribution < 1.29 is 19.4 Å². The molecule has 2 heterocycles. The van der Waals surface area contributed by atoms with Crippen LogP contribution in [0.3, 0.4) is 0 Å². The van der Waals surface area contributed by atoms with Gasteiger partial charge in [-0.15, -0.1) is 0 Å². The molecule has 0 aromatic heterocycles. The Morgan fingerprint density at radius 3 is 2.95 bits per heavy atom. The lowest BCUT2D eigenvalue weighted by molar-refractivity contribution is 0.0585. The Labute approximate surface area is 123 Å². The molecule has 2 saturated heterocycles. The topological polar surface area (TPSA) is 71.0 Å². The molecule has 2 fully saturated rings. The van der Waals surface area contributed by atoms with E-state index in [0.29, 0.717) is 6.54 Å². The van der Waals surface area contributed by atoms with Crippen molar-refractivity contribution in [2.75, 3.05) is 20.2 Å². The van der Waals surface area contributed by atoms with Crippen LogP contribution < -0.4 is 5.32 Å². The predicted molar refractivity (Wildman–Crippen MR) is 75.7 cm³/mol. The Kier molecular flexibility index (Phi) is 4.10. The van der Waals surface area contributed by atoms with Crippen LogP contribution in [-0.2, 0) is 16.1 Å². The molecule has 6 heteroatoms. The first-order valence-corrected chi connectivity index (χ1v) is 7.15. The first-order valence-electron chi connectivity index (χ1n) is 7.15. The van der Waals surface area contributed by atoms with E-state index >= 15 is 0 Å². The number of hydrogen-bond acceptors (Lipinski definition) is 5. The molecule has 0 aliphatic carbocycles. The SMILES string of the molecule is CN[C@H]1CN(C(=O)OCc2ccccc2)[C@@H]2[C@@H]1OC[C@@H]2O. The second-order valence-corrected chi connectivity index (χ2v) is 5.44. The number of carbonyl (C=O) groups is 1. The lowest BCUT2D eigenvalue weighted by Gasteiger charge is -2.24. The zero-order valence-electron chi connectivity index (χ0n) is 11.9. The van der Waals surface area contributed by atoms with Gasteiger partial charge in [-0.1, -0.05) is 30.3 Å². The number of aliphatic hydroxyl groups is 1. The molecule has 2 N–H and O–H groups in total. The van der Waals surface area contributed by atoms with E-state index in [1.54, 1.807) is 4.90 Å². The number of aliphatic hydroxyl groups excluding tert-OH is 1. The normalized spacial score (nSPS) is 31.2. The fraction of sp³-hybridized carbons (Fsp3) is 0.533. The summed E-state index contributed by atoms with van der Waals surface area (Å²) in [4.78, 5) is 13.9. The monoisotopic (exact) mass is 292 g/mol. The van der Waals surface area contributed by atoms with Crippen LogP contribution in [0.2, 0.25) is 0 Å². The van der Waals surface area contributed by atoms with Crippen LogP contribution in [0.15, 0.2) is 30.3 Å². The Hall–Kier alpha value is -1.63. The van der Waals surface area contributed by atoms with E-state index in [1.807, 2.05) is 37.4 Å². The van der Waals surface area contributed by atoms with Gasteiger partial charge in [0.1, 0.15) is 12.7 Å². The van der Waals surface area contributed by atoms with E-state index < -0.39 is 12.2 Å². The summed E-state index contributed by atoms with van der Waals surface area (Å²) in [6, 6.07) is 9.23. The number of rotatable bonds is 3. The van der Waals surface area contributed by atoms with Crippen LogP contribution >= 0.6 is 0 Å². The highest BCUT2D eigenvalue weighted by atomic mass is 16.6. The molecule has 2 aliphatic rings. The van der Waals surface area contributed by atoms with E-state index in [9.17, 15) is 9.90 Å². The van der Waals surface area contributed by atoms with E-state index in [1.165, 1.54) is 0 Å². The number of hydrogen-bond donors (Lipinski definition) is 2. The highest BCUT2D eigenvalue weighted by Gasteiger charge is 2.52. The Morgan fingerprint density at radius 1 is 1.48 bits per heavy atom. The summed E-state index contributed by atoms with van der Waals surface area (Å²) in [5.74, 6) is 0. The fourth-order valence-corrected chi connectivity index (χ4v) is 3.06. The largest absolute Gasteiger partial charge is 0.445 e. The van der Waals surface area contributed by atoms with Crippen LogP contribution in [0.1, 0.15) is 5.56 Å². The summed E-state index contributed by atoms with van der Waals surface area (Å²) in [7, 11) is 1.83. The van der Waals surface area contributed by atoms with Gasteiger partial charge in [-0.2, -0.15) is 0 Å². The van der Waals surface area contributed by atoms with Gasteiger partial charge in [-0.25, -0.2) is 4.79 Å². The number of fused-ring (bicyclic) bond motifs is 1. The van der Waals surface area contributed by atoms with Gasteiger partial charge in [0, 0.05) is 6.54 Å². The summed E-state index contributed by atoms with van der Waals surface area (Å²) in [5.41, 5.74) is 0.940. The molecule has 1 amide bonds. The van der Waals surface area contributed by atoms with Crippen molar-refractivity contribution in [1.29, 1.82) is 0 Å². The maximum absolute atomic E-state index is 12.3. The first-order chi connectivity index (χ1) is 10.2. The third-order valence-electron chi connectivity index (χ3n) is 4.15. The van der Waals surface area contributed by atoms with Crippen LogP contribution in [0.5, 0.6) is 0 Å². The molecule has 1 aromatic carbocycles. The van der Waals surface area contributed by atoms with Crippen molar-refractivity contribution in [3.05, 3.63) is 35.9 Å². The van der Waals surface area contributed by atoms with Gasteiger partial charge in [-0.05, 0) is 12.6 Å². The summed E-state index contributed by atoms with van der Waals surface area (Å²) in [6.07, 6.45) is -1.23. The highest BCUT2D eigenvalue weighted by molar-refractivity contribution is 5.69. The zero-order chi connectivity index (χ0) is 14.8. The van der Waals surface area contributed by atoms with Crippen molar-refractivity contribution in [2.45, 2.75) is 30.9 Å². The number of amides is 1. The van der Waals surface area contributed by atoms with Crippen molar-refractivity contribution in [3.63, 3.8) is 0 Å². The van der Waals surface area contributed by atoms with Gasteiger partial charge in [0.25, 0.3) is 0 Å². The average Bonchev–Trinajstić information content (AvgIpc) is 3.07.